The van der Waals surface area contributed by atoms with Crippen molar-refractivity contribution in [2.45, 2.75) is 56.2 Å². The molecule has 4 aliphatic heterocycles. The van der Waals surface area contributed by atoms with E-state index in [0.29, 0.717) is 37.4 Å². The number of carbonyl (C=O) groups excluding carboxylic acids is 2. The molecule has 7 atom stereocenters. The van der Waals surface area contributed by atoms with E-state index in [4.69, 9.17) is 0 Å². The molecular weight excluding hydrogens is 472 g/mol. The summed E-state index contributed by atoms with van der Waals surface area (Å²) in [5.41, 5.74) is -0.0391. The minimum absolute atomic E-state index is 0.0391. The van der Waals surface area contributed by atoms with Gasteiger partial charge in [0.1, 0.15) is 5.70 Å². The molecule has 4 aliphatic rings. The number of nitrogens with zero attached hydrogens (tertiary/aromatic N) is 2. The van der Waals surface area contributed by atoms with Crippen LogP contribution < -0.4 is 10.0 Å². The van der Waals surface area contributed by atoms with E-state index in [1.165, 1.54) is 16.7 Å². The monoisotopic (exact) mass is 502 g/mol. The van der Waals surface area contributed by atoms with Gasteiger partial charge in [0.2, 0.25) is 21.8 Å². The Balaban J connectivity index is 1.46. The molecule has 0 aromatic rings. The smallest absolute Gasteiger partial charge is 0.353 e. The summed E-state index contributed by atoms with van der Waals surface area (Å²) in [6, 6.07) is -1.46. The van der Waals surface area contributed by atoms with Crippen LogP contribution in [0.15, 0.2) is 10.6 Å². The zero-order chi connectivity index (χ0) is 24.2. The summed E-state index contributed by atoms with van der Waals surface area (Å²) in [5, 5.41) is 22.7. The van der Waals surface area contributed by atoms with E-state index in [1.54, 1.807) is 11.8 Å². The number of rotatable bonds is 7. The molecular formula is C20H30N4O7S2. The highest BCUT2D eigenvalue weighted by molar-refractivity contribution is 8.03. The Kier molecular flexibility index (Phi) is 6.55. The molecule has 11 nitrogen and oxygen atoms in total. The van der Waals surface area contributed by atoms with Gasteiger partial charge in [-0.2, -0.15) is 0 Å². The first-order chi connectivity index (χ1) is 15.4. The van der Waals surface area contributed by atoms with Gasteiger partial charge in [0.15, 0.2) is 0 Å². The molecule has 3 saturated heterocycles. The fraction of sp³-hybridized carbons (Fsp3) is 0.750. The minimum atomic E-state index is -3.52. The van der Waals surface area contributed by atoms with Crippen molar-refractivity contribution >= 4 is 39.6 Å². The van der Waals surface area contributed by atoms with E-state index in [-0.39, 0.29) is 28.8 Å². The summed E-state index contributed by atoms with van der Waals surface area (Å²) < 4.78 is 25.7. The number of carboxylic acid groups (broad SMARTS) is 1. The fourth-order valence-corrected chi connectivity index (χ4v) is 7.73. The molecule has 4 N–H and O–H groups in total. The number of amides is 2. The van der Waals surface area contributed by atoms with E-state index >= 15 is 0 Å². The van der Waals surface area contributed by atoms with Crippen molar-refractivity contribution in [2.24, 2.45) is 11.8 Å². The van der Waals surface area contributed by atoms with Gasteiger partial charge in [-0.1, -0.05) is 6.92 Å². The molecule has 0 aromatic heterocycles. The van der Waals surface area contributed by atoms with Gasteiger partial charge in [-0.25, -0.2) is 17.9 Å². The zero-order valence-electron chi connectivity index (χ0n) is 18.7. The van der Waals surface area contributed by atoms with Crippen LogP contribution in [0, 0.1) is 11.8 Å². The van der Waals surface area contributed by atoms with Crippen LogP contribution in [0.4, 0.5) is 0 Å². The molecule has 0 bridgehead atoms. The number of hydrogen-bond acceptors (Lipinski definition) is 8. The number of β-lactam (4-membered cyclic amide) rings is 1. The number of sulfonamides is 1. The Labute approximate surface area is 197 Å². The summed E-state index contributed by atoms with van der Waals surface area (Å²) >= 11 is 1.38. The average molecular weight is 503 g/mol. The second kappa shape index (κ2) is 8.84. The highest BCUT2D eigenvalue weighted by Gasteiger charge is 2.60. The van der Waals surface area contributed by atoms with E-state index in [1.807, 2.05) is 6.92 Å². The standard InChI is InChI=1S/C20H30N4O7S2/c1-9-15-14(10(2)22-33(3,30)31)19(27)24(15)16(20(28)29)17(9)32-12-6-13(21-7-12)18(26)23-5-4-11(25)8-23/h9-15,21-22,25H,4-8H2,1-3H3,(H,28,29)/t9-,10-,11-,12+,13+,14-,15-/m1/s1. The summed E-state index contributed by atoms with van der Waals surface area (Å²) in [6.45, 7) is 4.86. The number of hydrogen-bond donors (Lipinski definition) is 4. The molecule has 3 fully saturated rings. The molecule has 0 radical (unpaired) electrons. The Morgan fingerprint density at radius 1 is 1.33 bits per heavy atom. The first-order valence-electron chi connectivity index (χ1n) is 11.0. The van der Waals surface area contributed by atoms with Gasteiger partial charge in [-0.05, 0) is 19.8 Å². The van der Waals surface area contributed by atoms with Gasteiger partial charge in [-0.3, -0.25) is 9.59 Å². The molecule has 0 unspecified atom stereocenters. The van der Waals surface area contributed by atoms with E-state index < -0.39 is 46.0 Å². The quantitative estimate of drug-likeness (QED) is 0.313. The summed E-state index contributed by atoms with van der Waals surface area (Å²) in [6.07, 6.45) is 1.63. The summed E-state index contributed by atoms with van der Waals surface area (Å²) in [4.78, 5) is 41.2. The number of likely N-dealkylation sites (tertiary alicyclic amines) is 1. The van der Waals surface area contributed by atoms with Crippen LogP contribution in [0.25, 0.3) is 0 Å². The van der Waals surface area contributed by atoms with E-state index in [9.17, 15) is 33.0 Å². The predicted octanol–water partition coefficient (Wildman–Crippen LogP) is -1.25. The number of aliphatic hydroxyl groups excluding tert-OH is 1. The number of carbonyl (C=O) groups is 3. The lowest BCUT2D eigenvalue weighted by Crippen LogP contribution is -2.66. The third kappa shape index (κ3) is 4.53. The molecule has 0 spiro atoms. The Morgan fingerprint density at radius 3 is 2.61 bits per heavy atom. The van der Waals surface area contributed by atoms with Crippen LogP contribution >= 0.6 is 11.8 Å². The SMILES string of the molecule is C[C@@H](NS(C)(=O)=O)[C@H]1C(=O)N2C(C(=O)O)=C(S[C@@H]3CN[C@H](C(=O)N4CC[C@@H](O)C4)C3)[C@H](C)[C@H]12. The predicted molar refractivity (Wildman–Crippen MR) is 120 cm³/mol. The molecule has 4 heterocycles. The number of aliphatic hydroxyl groups is 1. The van der Waals surface area contributed by atoms with Gasteiger partial charge in [0, 0.05) is 41.7 Å². The molecule has 4 rings (SSSR count). The summed E-state index contributed by atoms with van der Waals surface area (Å²) in [5.74, 6) is -2.54. The number of nitrogens with one attached hydrogen (secondary N) is 2. The molecule has 2 amide bonds. The topological polar surface area (TPSA) is 156 Å². The van der Waals surface area contributed by atoms with Crippen LogP contribution in [0.5, 0.6) is 0 Å². The number of thioether (sulfide) groups is 1. The Bertz CT molecular complexity index is 1000. The minimum Gasteiger partial charge on any atom is -0.477 e. The van der Waals surface area contributed by atoms with Crippen molar-refractivity contribution in [2.75, 3.05) is 25.9 Å². The molecule has 33 heavy (non-hydrogen) atoms. The van der Waals surface area contributed by atoms with Crippen LogP contribution in [0.2, 0.25) is 0 Å². The lowest BCUT2D eigenvalue weighted by Gasteiger charge is -2.47. The van der Waals surface area contributed by atoms with Crippen LogP contribution in [-0.4, -0.2) is 102 Å². The maximum atomic E-state index is 12.8. The second-order valence-electron chi connectivity index (χ2n) is 9.37. The number of carboxylic acids is 1. The molecule has 13 heteroatoms. The van der Waals surface area contributed by atoms with Crippen molar-refractivity contribution < 1.29 is 33.0 Å². The summed E-state index contributed by atoms with van der Waals surface area (Å²) in [7, 11) is -3.52. The molecule has 184 valence electrons. The first-order valence-corrected chi connectivity index (χ1v) is 13.8. The largest absolute Gasteiger partial charge is 0.477 e. The van der Waals surface area contributed by atoms with Gasteiger partial charge in [-0.15, -0.1) is 11.8 Å². The van der Waals surface area contributed by atoms with Crippen molar-refractivity contribution in [3.63, 3.8) is 0 Å². The Morgan fingerprint density at radius 2 is 2.03 bits per heavy atom. The fourth-order valence-electron chi connectivity index (χ4n) is 5.43. The van der Waals surface area contributed by atoms with Crippen LogP contribution in [0.3, 0.4) is 0 Å². The van der Waals surface area contributed by atoms with Crippen molar-refractivity contribution in [3.8, 4) is 0 Å². The first kappa shape index (κ1) is 24.5. The third-order valence-electron chi connectivity index (χ3n) is 6.89. The highest BCUT2D eigenvalue weighted by atomic mass is 32.2. The maximum Gasteiger partial charge on any atom is 0.353 e. The van der Waals surface area contributed by atoms with E-state index in [2.05, 4.69) is 10.0 Å². The number of β-amino-alcohol motifs (C(OH)–C–C–N with tert-alkyl or cyclic N) is 1. The van der Waals surface area contributed by atoms with Crippen LogP contribution in [0.1, 0.15) is 26.7 Å². The number of fused-ring (bicyclic) bond motifs is 1. The van der Waals surface area contributed by atoms with Gasteiger partial charge in [0.25, 0.3) is 0 Å². The normalized spacial score (nSPS) is 35.1. The molecule has 0 aromatic carbocycles. The lowest BCUT2D eigenvalue weighted by atomic mass is 9.78. The Hall–Kier alpha value is -1.67. The maximum absolute atomic E-state index is 12.8. The molecule has 0 aliphatic carbocycles. The lowest BCUT2D eigenvalue weighted by molar-refractivity contribution is -0.157. The van der Waals surface area contributed by atoms with Crippen molar-refractivity contribution in [3.05, 3.63) is 10.6 Å². The third-order valence-corrected chi connectivity index (χ3v) is 9.20. The molecule has 0 saturated carbocycles. The number of aliphatic carboxylic acids is 1. The van der Waals surface area contributed by atoms with Gasteiger partial charge < -0.3 is 25.3 Å². The van der Waals surface area contributed by atoms with Gasteiger partial charge >= 0.3 is 5.97 Å². The van der Waals surface area contributed by atoms with Crippen molar-refractivity contribution in [1.29, 1.82) is 0 Å². The highest BCUT2D eigenvalue weighted by Crippen LogP contribution is 2.51. The average Bonchev–Trinajstić information content (AvgIpc) is 3.39. The van der Waals surface area contributed by atoms with Crippen molar-refractivity contribution in [1.82, 2.24) is 19.8 Å². The van der Waals surface area contributed by atoms with E-state index in [0.717, 1.165) is 6.26 Å². The zero-order valence-corrected chi connectivity index (χ0v) is 20.4. The van der Waals surface area contributed by atoms with Gasteiger partial charge in [0.05, 0.1) is 30.4 Å². The second-order valence-corrected chi connectivity index (χ2v) is 12.5. The van der Waals surface area contributed by atoms with Crippen LogP contribution in [-0.2, 0) is 24.4 Å².